The monoisotopic (exact) mass is 464 g/mol. The number of aryl methyl sites for hydroxylation is 1. The summed E-state index contributed by atoms with van der Waals surface area (Å²) in [7, 11) is 0. The maximum atomic E-state index is 13.1. The molecule has 0 saturated heterocycles. The molecule has 32 heavy (non-hydrogen) atoms. The van der Waals surface area contributed by atoms with Crippen LogP contribution >= 0.6 is 23.8 Å². The number of ether oxygens (including phenoxy) is 1. The van der Waals surface area contributed by atoms with E-state index in [-0.39, 0.29) is 0 Å². The number of fused-ring (bicyclic) bond motifs is 2. The molecule has 0 radical (unpaired) electrons. The van der Waals surface area contributed by atoms with Crippen LogP contribution in [0.2, 0.25) is 0 Å². The second-order valence-corrected chi connectivity index (χ2v) is 10.2. The largest absolute Gasteiger partial charge is 0.491 e. The summed E-state index contributed by atoms with van der Waals surface area (Å²) in [5.41, 5.74) is 5.03. The molecule has 0 fully saturated rings. The molecular formula is C25H24N2O3S2. The van der Waals surface area contributed by atoms with Crippen molar-refractivity contribution in [3.8, 4) is 22.6 Å². The maximum Gasteiger partial charge on any atom is 0.300 e. The van der Waals surface area contributed by atoms with Crippen LogP contribution in [0.15, 0.2) is 30.3 Å². The highest BCUT2D eigenvalue weighted by Crippen LogP contribution is 2.55. The number of para-hydroxylation sites is 2. The number of benzene rings is 2. The van der Waals surface area contributed by atoms with Gasteiger partial charge in [-0.25, -0.2) is 0 Å². The zero-order valence-corrected chi connectivity index (χ0v) is 20.4. The summed E-state index contributed by atoms with van der Waals surface area (Å²) in [5.74, 6) is -0.121. The van der Waals surface area contributed by atoms with Gasteiger partial charge < -0.3 is 4.74 Å². The van der Waals surface area contributed by atoms with E-state index in [1.54, 1.807) is 4.90 Å². The summed E-state index contributed by atoms with van der Waals surface area (Å²) < 4.78 is 8.68. The van der Waals surface area contributed by atoms with Gasteiger partial charge >= 0.3 is 0 Å². The highest BCUT2D eigenvalue weighted by molar-refractivity contribution is 7.71. The van der Waals surface area contributed by atoms with E-state index in [9.17, 15) is 9.59 Å². The molecule has 0 aliphatic carbocycles. The molecule has 0 unspecified atom stereocenters. The first kappa shape index (κ1) is 21.1. The lowest BCUT2D eigenvalue weighted by atomic mass is 9.85. The molecule has 5 rings (SSSR count). The summed E-state index contributed by atoms with van der Waals surface area (Å²) >= 11 is 7.53. The second kappa shape index (κ2) is 7.12. The molecule has 1 aromatic heterocycles. The van der Waals surface area contributed by atoms with E-state index in [4.69, 9.17) is 17.0 Å². The van der Waals surface area contributed by atoms with Crippen LogP contribution in [0.25, 0.3) is 16.8 Å². The third kappa shape index (κ3) is 2.64. The Hall–Kier alpha value is -2.77. The third-order valence-electron chi connectivity index (χ3n) is 6.41. The Labute approximate surface area is 196 Å². The van der Waals surface area contributed by atoms with Gasteiger partial charge in [-0.05, 0) is 63.4 Å². The minimum atomic E-state index is -0.704. The predicted octanol–water partition coefficient (Wildman–Crippen LogP) is 6.12. The van der Waals surface area contributed by atoms with Crippen LogP contribution in [0.4, 0.5) is 5.69 Å². The van der Waals surface area contributed by atoms with Gasteiger partial charge in [-0.3, -0.25) is 18.4 Å². The van der Waals surface area contributed by atoms with E-state index >= 15 is 0 Å². The number of nitrogens with zero attached hydrogens (tertiary/aromatic N) is 2. The van der Waals surface area contributed by atoms with Gasteiger partial charge in [0, 0.05) is 11.1 Å². The fraction of sp³-hybridized carbons (Fsp3) is 0.320. The number of ketones is 1. The summed E-state index contributed by atoms with van der Waals surface area (Å²) in [4.78, 5) is 28.7. The Morgan fingerprint density at radius 2 is 1.84 bits per heavy atom. The number of hydrogen-bond donors (Lipinski definition) is 0. The van der Waals surface area contributed by atoms with E-state index in [0.29, 0.717) is 22.5 Å². The number of amides is 1. The first-order valence-electron chi connectivity index (χ1n) is 10.7. The zero-order chi connectivity index (χ0) is 22.9. The summed E-state index contributed by atoms with van der Waals surface area (Å²) in [6.07, 6.45) is 0.910. The average molecular weight is 465 g/mol. The lowest BCUT2D eigenvalue weighted by molar-refractivity contribution is -0.115. The van der Waals surface area contributed by atoms with E-state index in [0.717, 1.165) is 45.0 Å². The number of hydrogen-bond acceptors (Lipinski definition) is 5. The van der Waals surface area contributed by atoms with Crippen molar-refractivity contribution in [1.82, 2.24) is 3.96 Å². The molecule has 164 valence electrons. The Balaban J connectivity index is 1.83. The van der Waals surface area contributed by atoms with E-state index in [2.05, 4.69) is 13.0 Å². The van der Waals surface area contributed by atoms with Crippen LogP contribution in [-0.4, -0.2) is 22.3 Å². The molecule has 7 heteroatoms. The number of aromatic nitrogens is 1. The topological polar surface area (TPSA) is 51.5 Å². The van der Waals surface area contributed by atoms with Crippen LogP contribution in [-0.2, 0) is 10.3 Å². The molecule has 3 aromatic rings. The minimum Gasteiger partial charge on any atom is -0.491 e. The van der Waals surface area contributed by atoms with Crippen LogP contribution in [0.5, 0.6) is 5.75 Å². The molecule has 0 saturated carbocycles. The first-order valence-corrected chi connectivity index (χ1v) is 11.9. The number of carbonyl (C=O) groups is 2. The molecule has 0 spiro atoms. The van der Waals surface area contributed by atoms with Crippen LogP contribution in [0.3, 0.4) is 0 Å². The number of Topliss-reactive ketones (excluding diaryl/α,β-unsaturated/α-hetero) is 1. The Kier molecular flexibility index (Phi) is 4.69. The number of carbonyl (C=O) groups excluding carboxylic acids is 2. The van der Waals surface area contributed by atoms with E-state index < -0.39 is 17.2 Å². The van der Waals surface area contributed by atoms with E-state index in [1.807, 2.05) is 55.9 Å². The molecule has 2 aromatic carbocycles. The van der Waals surface area contributed by atoms with Crippen LogP contribution < -0.4 is 9.64 Å². The molecule has 0 N–H and O–H groups in total. The van der Waals surface area contributed by atoms with Crippen molar-refractivity contribution in [3.63, 3.8) is 0 Å². The molecule has 2 aliphatic heterocycles. The molecule has 2 aliphatic rings. The third-order valence-corrected chi connectivity index (χ3v) is 8.36. The molecular weight excluding hydrogens is 440 g/mol. The zero-order valence-electron chi connectivity index (χ0n) is 18.7. The number of anilines is 1. The summed E-state index contributed by atoms with van der Waals surface area (Å²) in [6, 6.07) is 9.94. The Morgan fingerprint density at radius 3 is 2.56 bits per heavy atom. The number of rotatable bonds is 4. The van der Waals surface area contributed by atoms with Gasteiger partial charge in [-0.15, -0.1) is 0 Å². The fourth-order valence-electron chi connectivity index (χ4n) is 4.70. The van der Waals surface area contributed by atoms with Gasteiger partial charge in [0.05, 0.1) is 34.0 Å². The van der Waals surface area contributed by atoms with Gasteiger partial charge in [-0.1, -0.05) is 42.8 Å². The molecule has 3 heterocycles. The van der Waals surface area contributed by atoms with E-state index in [1.165, 1.54) is 11.5 Å². The SMILES string of the molecule is CCCOc1ccccc1-n1sc2c(c1=S)-c1cc(C)c(C)c3c1N(C(=O)C3=O)C2(C)C. The molecule has 1 amide bonds. The highest BCUT2D eigenvalue weighted by Gasteiger charge is 2.52. The predicted molar refractivity (Wildman–Crippen MR) is 130 cm³/mol. The van der Waals surface area contributed by atoms with Crippen molar-refractivity contribution in [1.29, 1.82) is 0 Å². The Morgan fingerprint density at radius 1 is 1.12 bits per heavy atom. The standard InChI is InChI=1S/C25H24N2O3S2/c1-6-11-30-17-10-8-7-9-16(17)27-24(31)19-15-12-13(2)14(3)18-20(15)26(23(29)21(18)28)25(4,5)22(19)32-27/h7-10,12H,6,11H2,1-5H3. The fourth-order valence-corrected chi connectivity index (χ4v) is 6.40. The van der Waals surface area contributed by atoms with Gasteiger partial charge in [0.2, 0.25) is 0 Å². The normalized spacial score (nSPS) is 15.7. The molecule has 0 atom stereocenters. The summed E-state index contributed by atoms with van der Waals surface area (Å²) in [6.45, 7) is 10.6. The van der Waals surface area contributed by atoms with Gasteiger partial charge in [0.15, 0.2) is 0 Å². The lowest BCUT2D eigenvalue weighted by Gasteiger charge is -2.40. The highest BCUT2D eigenvalue weighted by atomic mass is 32.1. The van der Waals surface area contributed by atoms with Gasteiger partial charge in [0.25, 0.3) is 11.7 Å². The van der Waals surface area contributed by atoms with Crippen molar-refractivity contribution >= 4 is 41.1 Å². The van der Waals surface area contributed by atoms with Crippen molar-refractivity contribution < 1.29 is 14.3 Å². The van der Waals surface area contributed by atoms with Crippen molar-refractivity contribution in [3.05, 3.63) is 56.5 Å². The first-order chi connectivity index (χ1) is 15.2. The minimum absolute atomic E-state index is 0.428. The van der Waals surface area contributed by atoms with Crippen molar-refractivity contribution in [2.45, 2.75) is 46.6 Å². The van der Waals surface area contributed by atoms with Crippen molar-refractivity contribution in [2.24, 2.45) is 0 Å². The molecule has 5 nitrogen and oxygen atoms in total. The van der Waals surface area contributed by atoms with Crippen molar-refractivity contribution in [2.75, 3.05) is 11.5 Å². The average Bonchev–Trinajstić information content (AvgIpc) is 3.25. The second-order valence-electron chi connectivity index (χ2n) is 8.83. The van der Waals surface area contributed by atoms with Crippen LogP contribution in [0, 0.1) is 18.5 Å². The molecule has 0 bridgehead atoms. The lowest BCUT2D eigenvalue weighted by Crippen LogP contribution is -2.46. The maximum absolute atomic E-state index is 13.1. The van der Waals surface area contributed by atoms with Gasteiger partial charge in [-0.2, -0.15) is 0 Å². The van der Waals surface area contributed by atoms with Crippen LogP contribution in [0.1, 0.15) is 53.6 Å². The quantitative estimate of drug-likeness (QED) is 0.345. The smallest absolute Gasteiger partial charge is 0.300 e. The van der Waals surface area contributed by atoms with Gasteiger partial charge in [0.1, 0.15) is 10.4 Å². The summed E-state index contributed by atoms with van der Waals surface area (Å²) in [5, 5.41) is 0. The Bertz CT molecular complexity index is 1380.